The normalized spacial score (nSPS) is 43.0. The lowest BCUT2D eigenvalue weighted by Gasteiger charge is -2.26. The number of carbonyl (C=O) groups is 2. The highest BCUT2D eigenvalue weighted by Crippen LogP contribution is 2.62. The van der Waals surface area contributed by atoms with E-state index >= 15 is 0 Å². The van der Waals surface area contributed by atoms with Crippen LogP contribution in [0.4, 0.5) is 0 Å². The first kappa shape index (κ1) is 16.6. The molecule has 23 heavy (non-hydrogen) atoms. The standard InChI is InChI=1S/C20H28O3/c1-11-6-7-14-15(19(14,4)5)9-12(2)18(22)20(23)10-13(3)17(21)16(20)8-11/h8-9,13-16,23H,6-7,10H2,1-5H3/t13-,14-,15+,16-,20+/m0/s1. The van der Waals surface area contributed by atoms with Gasteiger partial charge in [-0.15, -0.1) is 0 Å². The van der Waals surface area contributed by atoms with Gasteiger partial charge < -0.3 is 5.11 Å². The first-order chi connectivity index (χ1) is 10.6. The third kappa shape index (κ3) is 2.44. The zero-order valence-electron chi connectivity index (χ0n) is 14.8. The van der Waals surface area contributed by atoms with Crippen molar-refractivity contribution in [2.75, 3.05) is 0 Å². The number of rotatable bonds is 0. The van der Waals surface area contributed by atoms with Gasteiger partial charge in [0.2, 0.25) is 0 Å². The maximum Gasteiger partial charge on any atom is 0.190 e. The van der Waals surface area contributed by atoms with E-state index in [2.05, 4.69) is 19.9 Å². The molecule has 2 fully saturated rings. The zero-order valence-corrected chi connectivity index (χ0v) is 14.8. The minimum absolute atomic E-state index is 0.00210. The molecule has 3 aliphatic rings. The molecule has 0 spiro atoms. The molecule has 3 heteroatoms. The van der Waals surface area contributed by atoms with Gasteiger partial charge >= 0.3 is 0 Å². The van der Waals surface area contributed by atoms with Crippen molar-refractivity contribution < 1.29 is 14.7 Å². The molecule has 1 N–H and O–H groups in total. The highest BCUT2D eigenvalue weighted by atomic mass is 16.3. The van der Waals surface area contributed by atoms with Crippen LogP contribution in [0.2, 0.25) is 0 Å². The fourth-order valence-electron chi connectivity index (χ4n) is 4.80. The number of hydrogen-bond donors (Lipinski definition) is 1. The second-order valence-electron chi connectivity index (χ2n) is 8.59. The summed E-state index contributed by atoms with van der Waals surface area (Å²) in [5.41, 5.74) is 0.400. The zero-order chi connectivity index (χ0) is 17.2. The molecular weight excluding hydrogens is 288 g/mol. The Morgan fingerprint density at radius 1 is 1.17 bits per heavy atom. The SMILES string of the molecule is CC1=C[C@H]2C(=O)[C@@H](C)C[C@]2(O)C(=O)C(C)=C[C@@H]2[C@H](CC1)C2(C)C. The first-order valence-corrected chi connectivity index (χ1v) is 8.75. The molecule has 3 rings (SSSR count). The molecule has 0 amide bonds. The predicted molar refractivity (Wildman–Crippen MR) is 89.7 cm³/mol. The van der Waals surface area contributed by atoms with Crippen LogP contribution in [-0.4, -0.2) is 22.3 Å². The van der Waals surface area contributed by atoms with Crippen LogP contribution >= 0.6 is 0 Å². The average molecular weight is 316 g/mol. The molecule has 126 valence electrons. The van der Waals surface area contributed by atoms with Gasteiger partial charge in [0.25, 0.3) is 0 Å². The Labute approximate surface area is 138 Å². The van der Waals surface area contributed by atoms with Gasteiger partial charge in [0.05, 0.1) is 5.92 Å². The van der Waals surface area contributed by atoms with Crippen LogP contribution in [0.15, 0.2) is 23.3 Å². The Bertz CT molecular complexity index is 625. The van der Waals surface area contributed by atoms with Crippen LogP contribution in [0.3, 0.4) is 0 Å². The maximum absolute atomic E-state index is 13.0. The Balaban J connectivity index is 2.05. The van der Waals surface area contributed by atoms with E-state index in [0.717, 1.165) is 18.4 Å². The summed E-state index contributed by atoms with van der Waals surface area (Å²) in [4.78, 5) is 25.4. The molecule has 2 saturated carbocycles. The molecule has 5 atom stereocenters. The lowest BCUT2D eigenvalue weighted by atomic mass is 9.82. The van der Waals surface area contributed by atoms with Crippen molar-refractivity contribution in [1.29, 1.82) is 0 Å². The van der Waals surface area contributed by atoms with Gasteiger partial charge in [-0.25, -0.2) is 0 Å². The Hall–Kier alpha value is -1.22. The van der Waals surface area contributed by atoms with E-state index in [9.17, 15) is 14.7 Å². The predicted octanol–water partition coefficient (Wildman–Crippen LogP) is 3.47. The van der Waals surface area contributed by atoms with Gasteiger partial charge in [0.15, 0.2) is 5.78 Å². The highest BCUT2D eigenvalue weighted by Gasteiger charge is 2.58. The number of ketones is 2. The third-order valence-corrected chi connectivity index (χ3v) is 6.55. The summed E-state index contributed by atoms with van der Waals surface area (Å²) in [7, 11) is 0. The van der Waals surface area contributed by atoms with Crippen LogP contribution in [-0.2, 0) is 9.59 Å². The first-order valence-electron chi connectivity index (χ1n) is 8.75. The molecule has 0 aromatic heterocycles. The number of fused-ring (bicyclic) bond motifs is 2. The van der Waals surface area contributed by atoms with Crippen molar-refractivity contribution in [3.05, 3.63) is 23.3 Å². The second-order valence-corrected chi connectivity index (χ2v) is 8.59. The van der Waals surface area contributed by atoms with Gasteiger partial charge in [-0.2, -0.15) is 0 Å². The Morgan fingerprint density at radius 3 is 2.48 bits per heavy atom. The summed E-state index contributed by atoms with van der Waals surface area (Å²) in [6.45, 7) is 10.1. The molecule has 0 saturated heterocycles. The minimum atomic E-state index is -1.56. The summed E-state index contributed by atoms with van der Waals surface area (Å²) < 4.78 is 0. The van der Waals surface area contributed by atoms with Crippen LogP contribution < -0.4 is 0 Å². The number of Topliss-reactive ketones (excluding diaryl/α,β-unsaturated/α-hetero) is 2. The van der Waals surface area contributed by atoms with Crippen molar-refractivity contribution in [1.82, 2.24) is 0 Å². The monoisotopic (exact) mass is 316 g/mol. The second kappa shape index (κ2) is 5.14. The van der Waals surface area contributed by atoms with E-state index in [1.165, 1.54) is 0 Å². The van der Waals surface area contributed by atoms with Crippen molar-refractivity contribution in [2.24, 2.45) is 29.1 Å². The van der Waals surface area contributed by atoms with Crippen LogP contribution in [0.5, 0.6) is 0 Å². The molecule has 3 nitrogen and oxygen atoms in total. The number of carbonyl (C=O) groups excluding carboxylic acids is 2. The Kier molecular flexibility index (Phi) is 3.72. The van der Waals surface area contributed by atoms with Gasteiger partial charge in [-0.05, 0) is 55.9 Å². The lowest BCUT2D eigenvalue weighted by Crippen LogP contribution is -2.43. The van der Waals surface area contributed by atoms with Crippen LogP contribution in [0, 0.1) is 29.1 Å². The van der Waals surface area contributed by atoms with E-state index < -0.39 is 11.5 Å². The van der Waals surface area contributed by atoms with Gasteiger partial charge in [0, 0.05) is 5.92 Å². The van der Waals surface area contributed by atoms with E-state index in [-0.39, 0.29) is 29.3 Å². The van der Waals surface area contributed by atoms with E-state index in [0.29, 0.717) is 17.4 Å². The molecule has 0 aromatic rings. The number of aliphatic hydroxyl groups is 1. The summed E-state index contributed by atoms with van der Waals surface area (Å²) in [5, 5.41) is 11.1. The molecule has 0 aromatic carbocycles. The van der Waals surface area contributed by atoms with Crippen molar-refractivity contribution in [3.8, 4) is 0 Å². The van der Waals surface area contributed by atoms with Crippen molar-refractivity contribution >= 4 is 11.6 Å². The maximum atomic E-state index is 13.0. The van der Waals surface area contributed by atoms with E-state index in [4.69, 9.17) is 0 Å². The fourth-order valence-corrected chi connectivity index (χ4v) is 4.80. The van der Waals surface area contributed by atoms with Crippen LogP contribution in [0.1, 0.15) is 53.9 Å². The highest BCUT2D eigenvalue weighted by molar-refractivity contribution is 6.07. The molecule has 0 bridgehead atoms. The fraction of sp³-hybridized carbons (Fsp3) is 0.700. The topological polar surface area (TPSA) is 54.4 Å². The quantitative estimate of drug-likeness (QED) is 0.696. The van der Waals surface area contributed by atoms with E-state index in [1.54, 1.807) is 6.92 Å². The molecule has 0 radical (unpaired) electrons. The van der Waals surface area contributed by atoms with Crippen LogP contribution in [0.25, 0.3) is 0 Å². The number of allylic oxidation sites excluding steroid dienone is 2. The lowest BCUT2D eigenvalue weighted by molar-refractivity contribution is -0.138. The largest absolute Gasteiger partial charge is 0.381 e. The summed E-state index contributed by atoms with van der Waals surface area (Å²) in [6, 6.07) is 0. The molecule has 0 unspecified atom stereocenters. The minimum Gasteiger partial charge on any atom is -0.381 e. The summed E-state index contributed by atoms with van der Waals surface area (Å²) >= 11 is 0. The summed E-state index contributed by atoms with van der Waals surface area (Å²) in [5.74, 6) is -0.232. The molecule has 0 aliphatic heterocycles. The van der Waals surface area contributed by atoms with Gasteiger partial charge in [-0.1, -0.05) is 38.5 Å². The van der Waals surface area contributed by atoms with Crippen molar-refractivity contribution in [2.45, 2.75) is 59.5 Å². The average Bonchev–Trinajstić information content (AvgIpc) is 2.90. The Morgan fingerprint density at radius 2 is 1.83 bits per heavy atom. The molecule has 3 aliphatic carbocycles. The van der Waals surface area contributed by atoms with Gasteiger partial charge in [0.1, 0.15) is 11.4 Å². The van der Waals surface area contributed by atoms with Crippen molar-refractivity contribution in [3.63, 3.8) is 0 Å². The summed E-state index contributed by atoms with van der Waals surface area (Å²) in [6.07, 6.45) is 6.16. The third-order valence-electron chi connectivity index (χ3n) is 6.55. The number of hydrogen-bond acceptors (Lipinski definition) is 3. The molecule has 0 heterocycles. The smallest absolute Gasteiger partial charge is 0.190 e. The van der Waals surface area contributed by atoms with Gasteiger partial charge in [-0.3, -0.25) is 9.59 Å². The molecular formula is C20H28O3. The van der Waals surface area contributed by atoms with E-state index in [1.807, 2.05) is 19.9 Å².